The van der Waals surface area contributed by atoms with Gasteiger partial charge in [0.1, 0.15) is 0 Å². The van der Waals surface area contributed by atoms with Crippen LogP contribution < -0.4 is 10.1 Å². The summed E-state index contributed by atoms with van der Waals surface area (Å²) in [6.45, 7) is 3.18. The molecule has 0 radical (unpaired) electrons. The third-order valence-corrected chi connectivity index (χ3v) is 2.04. The zero-order valence-corrected chi connectivity index (χ0v) is 9.55. The van der Waals surface area contributed by atoms with Crippen molar-refractivity contribution >= 4 is 5.82 Å². The molecule has 0 unspecified atom stereocenters. The number of nitrogens with one attached hydrogen (secondary N) is 2. The maximum Gasteiger partial charge on any atom is 0.193 e. The van der Waals surface area contributed by atoms with Crippen LogP contribution in [0.3, 0.4) is 0 Å². The average Bonchev–Trinajstić information content (AvgIpc) is 2.88. The zero-order valence-electron chi connectivity index (χ0n) is 9.55. The second kappa shape index (κ2) is 5.78. The lowest BCUT2D eigenvalue weighted by atomic mass is 10.4. The molecular weight excluding hydrogens is 220 g/mol. The number of anilines is 1. The number of hydrogen-bond acceptors (Lipinski definition) is 6. The van der Waals surface area contributed by atoms with Gasteiger partial charge in [-0.2, -0.15) is 5.21 Å². The Balaban J connectivity index is 1.99. The summed E-state index contributed by atoms with van der Waals surface area (Å²) in [6, 6.07) is 3.71. The second-order valence-corrected chi connectivity index (χ2v) is 3.38. The summed E-state index contributed by atoms with van der Waals surface area (Å²) in [5.74, 6) is 2.00. The summed E-state index contributed by atoms with van der Waals surface area (Å²) in [7, 11) is 0. The van der Waals surface area contributed by atoms with Crippen molar-refractivity contribution < 1.29 is 4.74 Å². The Hall–Kier alpha value is -2.18. The molecule has 2 N–H and O–H groups in total. The van der Waals surface area contributed by atoms with Crippen LogP contribution >= 0.6 is 0 Å². The molecule has 0 fully saturated rings. The molecule has 2 rings (SSSR count). The Bertz CT molecular complexity index is 444. The van der Waals surface area contributed by atoms with E-state index in [-0.39, 0.29) is 0 Å². The van der Waals surface area contributed by atoms with Crippen molar-refractivity contribution in [3.63, 3.8) is 0 Å². The number of rotatable bonds is 6. The van der Waals surface area contributed by atoms with E-state index in [2.05, 4.69) is 37.8 Å². The number of H-pyrrole nitrogens is 1. The minimum Gasteiger partial charge on any atom is -0.490 e. The van der Waals surface area contributed by atoms with Crippen molar-refractivity contribution in [1.82, 2.24) is 25.6 Å². The largest absolute Gasteiger partial charge is 0.490 e. The van der Waals surface area contributed by atoms with Crippen molar-refractivity contribution in [3.8, 4) is 5.75 Å². The quantitative estimate of drug-likeness (QED) is 0.775. The maximum atomic E-state index is 5.57. The number of aromatic nitrogens is 5. The molecule has 17 heavy (non-hydrogen) atoms. The van der Waals surface area contributed by atoms with Gasteiger partial charge >= 0.3 is 0 Å². The van der Waals surface area contributed by atoms with E-state index in [0.29, 0.717) is 24.8 Å². The van der Waals surface area contributed by atoms with Crippen LogP contribution in [-0.4, -0.2) is 32.2 Å². The van der Waals surface area contributed by atoms with E-state index in [1.807, 2.05) is 12.1 Å². The second-order valence-electron chi connectivity index (χ2n) is 3.38. The van der Waals surface area contributed by atoms with Crippen molar-refractivity contribution in [3.05, 3.63) is 24.2 Å². The minimum absolute atomic E-state index is 0.454. The fourth-order valence-electron chi connectivity index (χ4n) is 1.27. The van der Waals surface area contributed by atoms with Gasteiger partial charge in [-0.3, -0.25) is 0 Å². The van der Waals surface area contributed by atoms with Crippen LogP contribution in [-0.2, 0) is 6.54 Å². The van der Waals surface area contributed by atoms with E-state index in [1.54, 1.807) is 6.20 Å². The van der Waals surface area contributed by atoms with Gasteiger partial charge in [-0.1, -0.05) is 12.1 Å². The fraction of sp³-hybridized carbons (Fsp3) is 0.400. The maximum absolute atomic E-state index is 5.57. The molecule has 0 spiro atoms. The lowest BCUT2D eigenvalue weighted by Gasteiger charge is -2.10. The van der Waals surface area contributed by atoms with Crippen molar-refractivity contribution in [2.75, 3.05) is 11.9 Å². The van der Waals surface area contributed by atoms with Crippen molar-refractivity contribution in [2.45, 2.75) is 19.9 Å². The fourth-order valence-corrected chi connectivity index (χ4v) is 1.27. The molecule has 0 aromatic carbocycles. The Kier molecular flexibility index (Phi) is 3.85. The third kappa shape index (κ3) is 3.13. The van der Waals surface area contributed by atoms with Crippen molar-refractivity contribution in [2.24, 2.45) is 0 Å². The number of nitrogens with zero attached hydrogens (tertiary/aromatic N) is 4. The summed E-state index contributed by atoms with van der Waals surface area (Å²) < 4.78 is 5.57. The Morgan fingerprint density at radius 3 is 3.18 bits per heavy atom. The van der Waals surface area contributed by atoms with E-state index in [9.17, 15) is 0 Å². The first kappa shape index (κ1) is 11.3. The van der Waals surface area contributed by atoms with Crippen LogP contribution in [0, 0.1) is 0 Å². The summed E-state index contributed by atoms with van der Waals surface area (Å²) in [5, 5.41) is 16.7. The number of tetrazole rings is 1. The van der Waals surface area contributed by atoms with Gasteiger partial charge in [0.25, 0.3) is 0 Å². The number of ether oxygens (including phenoxy) is 1. The van der Waals surface area contributed by atoms with Crippen LogP contribution in [0.4, 0.5) is 5.82 Å². The first-order valence-electron chi connectivity index (χ1n) is 5.44. The monoisotopic (exact) mass is 234 g/mol. The van der Waals surface area contributed by atoms with Gasteiger partial charge < -0.3 is 10.1 Å². The number of hydrogen-bond donors (Lipinski definition) is 2. The Morgan fingerprint density at radius 2 is 2.41 bits per heavy atom. The van der Waals surface area contributed by atoms with E-state index in [1.165, 1.54) is 0 Å². The molecule has 0 bridgehead atoms. The molecule has 90 valence electrons. The highest BCUT2D eigenvalue weighted by Gasteiger charge is 2.05. The molecule has 7 heteroatoms. The predicted octanol–water partition coefficient (Wildman–Crippen LogP) is 0.996. The summed E-state index contributed by atoms with van der Waals surface area (Å²) in [6.07, 6.45) is 2.66. The first-order chi connectivity index (χ1) is 8.40. The van der Waals surface area contributed by atoms with Gasteiger partial charge in [-0.05, 0) is 18.6 Å². The summed E-state index contributed by atoms with van der Waals surface area (Å²) >= 11 is 0. The van der Waals surface area contributed by atoms with Gasteiger partial charge in [0, 0.05) is 6.20 Å². The van der Waals surface area contributed by atoms with E-state index in [0.717, 1.165) is 12.2 Å². The van der Waals surface area contributed by atoms with Gasteiger partial charge in [0.2, 0.25) is 0 Å². The highest BCUT2D eigenvalue weighted by molar-refractivity contribution is 5.49. The van der Waals surface area contributed by atoms with E-state index >= 15 is 0 Å². The topological polar surface area (TPSA) is 88.6 Å². The third-order valence-electron chi connectivity index (χ3n) is 2.04. The molecule has 7 nitrogen and oxygen atoms in total. The van der Waals surface area contributed by atoms with E-state index < -0.39 is 0 Å². The molecule has 0 aliphatic carbocycles. The molecule has 2 aromatic rings. The molecular formula is C10H14N6O. The zero-order chi connectivity index (χ0) is 11.9. The van der Waals surface area contributed by atoms with Gasteiger partial charge in [-0.25, -0.2) is 4.98 Å². The number of aromatic amines is 1. The van der Waals surface area contributed by atoms with Crippen LogP contribution in [0.25, 0.3) is 0 Å². The Morgan fingerprint density at radius 1 is 1.47 bits per heavy atom. The normalized spacial score (nSPS) is 10.2. The molecule has 2 heterocycles. The standard InChI is InChI=1S/C10H14N6O/c1-2-6-17-8-4-3-5-11-10(8)12-7-9-13-15-16-14-9/h3-5H,2,6-7H2,1H3,(H,11,12)(H,13,14,15,16). The van der Waals surface area contributed by atoms with Crippen LogP contribution in [0.5, 0.6) is 5.75 Å². The average molecular weight is 234 g/mol. The minimum atomic E-state index is 0.454. The molecule has 0 atom stereocenters. The molecule has 2 aromatic heterocycles. The lowest BCUT2D eigenvalue weighted by molar-refractivity contribution is 0.317. The highest BCUT2D eigenvalue weighted by atomic mass is 16.5. The smallest absolute Gasteiger partial charge is 0.193 e. The van der Waals surface area contributed by atoms with Gasteiger partial charge in [0.05, 0.1) is 13.2 Å². The van der Waals surface area contributed by atoms with Gasteiger partial charge in [-0.15, -0.1) is 10.2 Å². The Labute approximate surface area is 98.6 Å². The lowest BCUT2D eigenvalue weighted by Crippen LogP contribution is -2.06. The van der Waals surface area contributed by atoms with Crippen LogP contribution in [0.2, 0.25) is 0 Å². The van der Waals surface area contributed by atoms with E-state index in [4.69, 9.17) is 4.74 Å². The molecule has 0 saturated carbocycles. The summed E-state index contributed by atoms with van der Waals surface area (Å²) in [4.78, 5) is 4.21. The molecule has 0 aliphatic rings. The molecule has 0 amide bonds. The van der Waals surface area contributed by atoms with Gasteiger partial charge in [0.15, 0.2) is 17.4 Å². The number of pyridine rings is 1. The SMILES string of the molecule is CCCOc1cccnc1NCc1nn[nH]n1. The van der Waals surface area contributed by atoms with Crippen LogP contribution in [0.15, 0.2) is 18.3 Å². The first-order valence-corrected chi connectivity index (χ1v) is 5.44. The summed E-state index contributed by atoms with van der Waals surface area (Å²) in [5.41, 5.74) is 0. The van der Waals surface area contributed by atoms with Crippen molar-refractivity contribution in [1.29, 1.82) is 0 Å². The molecule has 0 saturated heterocycles. The van der Waals surface area contributed by atoms with Crippen LogP contribution in [0.1, 0.15) is 19.2 Å². The molecule has 0 aliphatic heterocycles. The highest BCUT2D eigenvalue weighted by Crippen LogP contribution is 2.21. The predicted molar refractivity (Wildman–Crippen MR) is 61.5 cm³/mol.